The van der Waals surface area contributed by atoms with Gasteiger partial charge < -0.3 is 9.47 Å². The standard InChI is InChI=1S/C12H12N2O.C10H12N2O/c1-9(2)15-8-11-4-10(7-13)5-12(6-11)14-3;1-8(2)13-7-10-3-9(4-11)5-12-6-10/h4-6,9H,8H2,1-2H3;3,5-6,8H,7H2,1-2H3. The van der Waals surface area contributed by atoms with Crippen molar-refractivity contribution in [3.05, 3.63) is 70.3 Å². The normalized spacial score (nSPS) is 9.82. The molecule has 0 saturated carbocycles. The van der Waals surface area contributed by atoms with Gasteiger partial charge in [0.25, 0.3) is 0 Å². The van der Waals surface area contributed by atoms with Crippen LogP contribution >= 0.6 is 0 Å². The zero-order chi connectivity index (χ0) is 20.9. The molecule has 0 spiro atoms. The van der Waals surface area contributed by atoms with Gasteiger partial charge in [-0.05, 0) is 57.0 Å². The molecule has 0 fully saturated rings. The molecule has 0 bridgehead atoms. The molecule has 0 atom stereocenters. The Hall–Kier alpha value is -3.24. The first kappa shape index (κ1) is 22.8. The summed E-state index contributed by atoms with van der Waals surface area (Å²) in [5, 5.41) is 17.4. The maximum Gasteiger partial charge on any atom is 0.188 e. The third-order valence-electron chi connectivity index (χ3n) is 3.33. The minimum atomic E-state index is 0.145. The summed E-state index contributed by atoms with van der Waals surface area (Å²) >= 11 is 0. The van der Waals surface area contributed by atoms with Gasteiger partial charge in [-0.3, -0.25) is 4.98 Å². The average Bonchev–Trinajstić information content (AvgIpc) is 2.71. The predicted molar refractivity (Wildman–Crippen MR) is 106 cm³/mol. The molecule has 0 aliphatic carbocycles. The van der Waals surface area contributed by atoms with Gasteiger partial charge in [0, 0.05) is 18.0 Å². The maximum atomic E-state index is 8.77. The lowest BCUT2D eigenvalue weighted by molar-refractivity contribution is 0.0654. The van der Waals surface area contributed by atoms with Crippen LogP contribution in [0.4, 0.5) is 5.69 Å². The van der Waals surface area contributed by atoms with E-state index in [1.807, 2.05) is 39.8 Å². The third kappa shape index (κ3) is 8.92. The lowest BCUT2D eigenvalue weighted by Crippen LogP contribution is -2.02. The largest absolute Gasteiger partial charge is 0.374 e. The summed E-state index contributed by atoms with van der Waals surface area (Å²) < 4.78 is 10.8. The Kier molecular flexibility index (Phi) is 9.94. The first-order valence-corrected chi connectivity index (χ1v) is 8.86. The first-order chi connectivity index (χ1) is 13.4. The molecule has 0 aliphatic rings. The molecular weight excluding hydrogens is 352 g/mol. The van der Waals surface area contributed by atoms with E-state index in [4.69, 9.17) is 26.6 Å². The molecule has 2 rings (SSSR count). The first-order valence-electron chi connectivity index (χ1n) is 8.86. The fourth-order valence-electron chi connectivity index (χ4n) is 2.04. The number of benzene rings is 1. The molecule has 28 heavy (non-hydrogen) atoms. The lowest BCUT2D eigenvalue weighted by Gasteiger charge is -2.08. The van der Waals surface area contributed by atoms with Gasteiger partial charge in [0.05, 0.1) is 43.6 Å². The summed E-state index contributed by atoms with van der Waals surface area (Å²) in [6, 6.07) is 10.9. The molecule has 1 heterocycles. The monoisotopic (exact) mass is 376 g/mol. The number of hydrogen-bond acceptors (Lipinski definition) is 5. The van der Waals surface area contributed by atoms with Crippen LogP contribution in [0.3, 0.4) is 0 Å². The van der Waals surface area contributed by atoms with Crippen LogP contribution in [0, 0.1) is 29.2 Å². The Bertz CT molecular complexity index is 854. The quantitative estimate of drug-likeness (QED) is 0.669. The van der Waals surface area contributed by atoms with Crippen molar-refractivity contribution in [1.82, 2.24) is 4.98 Å². The van der Waals surface area contributed by atoms with Crippen LogP contribution in [0.15, 0.2) is 36.7 Å². The Morgan fingerprint density at radius 2 is 1.46 bits per heavy atom. The van der Waals surface area contributed by atoms with E-state index >= 15 is 0 Å². The second-order valence-corrected chi connectivity index (χ2v) is 6.52. The Morgan fingerprint density at radius 3 is 2.00 bits per heavy atom. The van der Waals surface area contributed by atoms with Gasteiger partial charge in [0.2, 0.25) is 0 Å². The summed E-state index contributed by atoms with van der Waals surface area (Å²) in [6.07, 6.45) is 3.60. The zero-order valence-corrected chi connectivity index (χ0v) is 16.6. The Balaban J connectivity index is 0.000000283. The summed E-state index contributed by atoms with van der Waals surface area (Å²) in [4.78, 5) is 7.24. The van der Waals surface area contributed by atoms with Crippen LogP contribution in [-0.4, -0.2) is 17.2 Å². The van der Waals surface area contributed by atoms with Crippen molar-refractivity contribution >= 4 is 5.69 Å². The van der Waals surface area contributed by atoms with E-state index in [0.717, 1.165) is 11.1 Å². The van der Waals surface area contributed by atoms with Crippen LogP contribution < -0.4 is 0 Å². The Morgan fingerprint density at radius 1 is 0.893 bits per heavy atom. The minimum Gasteiger partial charge on any atom is -0.374 e. The minimum absolute atomic E-state index is 0.145. The highest BCUT2D eigenvalue weighted by molar-refractivity contribution is 5.52. The zero-order valence-electron chi connectivity index (χ0n) is 16.6. The van der Waals surface area contributed by atoms with Crippen molar-refractivity contribution in [2.45, 2.75) is 53.1 Å². The van der Waals surface area contributed by atoms with Crippen molar-refractivity contribution in [1.29, 1.82) is 10.5 Å². The molecule has 0 radical (unpaired) electrons. The number of nitrogens with zero attached hydrogens (tertiary/aromatic N) is 4. The van der Waals surface area contributed by atoms with Gasteiger partial charge in [-0.25, -0.2) is 4.85 Å². The van der Waals surface area contributed by atoms with Crippen molar-refractivity contribution in [3.8, 4) is 12.1 Å². The van der Waals surface area contributed by atoms with Crippen molar-refractivity contribution < 1.29 is 9.47 Å². The molecule has 0 amide bonds. The fourth-order valence-corrected chi connectivity index (χ4v) is 2.04. The third-order valence-corrected chi connectivity index (χ3v) is 3.33. The van der Waals surface area contributed by atoms with E-state index in [9.17, 15) is 0 Å². The van der Waals surface area contributed by atoms with Gasteiger partial charge in [-0.1, -0.05) is 6.07 Å². The van der Waals surface area contributed by atoms with Crippen LogP contribution in [0.25, 0.3) is 4.85 Å². The average molecular weight is 376 g/mol. The molecule has 1 aromatic heterocycles. The Labute approximate surface area is 166 Å². The molecule has 1 aromatic carbocycles. The fraction of sp³-hybridized carbons (Fsp3) is 0.364. The van der Waals surface area contributed by atoms with E-state index in [2.05, 4.69) is 9.83 Å². The van der Waals surface area contributed by atoms with Gasteiger partial charge in [0.1, 0.15) is 6.07 Å². The summed E-state index contributed by atoms with van der Waals surface area (Å²) in [5.41, 5.74) is 3.37. The summed E-state index contributed by atoms with van der Waals surface area (Å²) in [6.45, 7) is 15.7. The van der Waals surface area contributed by atoms with E-state index in [1.54, 1.807) is 36.7 Å². The van der Waals surface area contributed by atoms with Crippen LogP contribution in [0.5, 0.6) is 0 Å². The topological polar surface area (TPSA) is 83.3 Å². The van der Waals surface area contributed by atoms with E-state index in [-0.39, 0.29) is 12.2 Å². The molecular formula is C22H24N4O2. The van der Waals surface area contributed by atoms with Crippen LogP contribution in [0.2, 0.25) is 0 Å². The van der Waals surface area contributed by atoms with Crippen molar-refractivity contribution in [2.24, 2.45) is 0 Å². The number of hydrogen-bond donors (Lipinski definition) is 0. The molecule has 2 aromatic rings. The van der Waals surface area contributed by atoms with Crippen LogP contribution in [-0.2, 0) is 22.7 Å². The number of aromatic nitrogens is 1. The lowest BCUT2D eigenvalue weighted by atomic mass is 10.1. The molecule has 6 heteroatoms. The number of pyridine rings is 1. The SMILES string of the molecule is CC(C)OCc1cncc(C#N)c1.[C-]#[N+]c1cc(C#N)cc(COC(C)C)c1. The maximum absolute atomic E-state index is 8.77. The van der Waals surface area contributed by atoms with Gasteiger partial charge in [-0.2, -0.15) is 10.5 Å². The molecule has 0 saturated heterocycles. The van der Waals surface area contributed by atoms with Gasteiger partial charge >= 0.3 is 0 Å². The predicted octanol–water partition coefficient (Wildman–Crippen LogP) is 4.91. The van der Waals surface area contributed by atoms with E-state index in [1.165, 1.54) is 0 Å². The van der Waals surface area contributed by atoms with Crippen molar-refractivity contribution in [3.63, 3.8) is 0 Å². The molecule has 0 N–H and O–H groups in total. The molecule has 0 unspecified atom stereocenters. The van der Waals surface area contributed by atoms with Crippen LogP contribution in [0.1, 0.15) is 49.9 Å². The second kappa shape index (κ2) is 12.2. The second-order valence-electron chi connectivity index (χ2n) is 6.52. The molecule has 6 nitrogen and oxygen atoms in total. The van der Waals surface area contributed by atoms with E-state index < -0.39 is 0 Å². The number of ether oxygens (including phenoxy) is 2. The highest BCUT2D eigenvalue weighted by atomic mass is 16.5. The highest BCUT2D eigenvalue weighted by Gasteiger charge is 2.02. The summed E-state index contributed by atoms with van der Waals surface area (Å²) in [7, 11) is 0. The van der Waals surface area contributed by atoms with Crippen molar-refractivity contribution in [2.75, 3.05) is 0 Å². The highest BCUT2D eigenvalue weighted by Crippen LogP contribution is 2.18. The molecule has 0 aliphatic heterocycles. The smallest absolute Gasteiger partial charge is 0.188 e. The van der Waals surface area contributed by atoms with Gasteiger partial charge in [0.15, 0.2) is 5.69 Å². The summed E-state index contributed by atoms with van der Waals surface area (Å²) in [5.74, 6) is 0. The number of rotatable bonds is 6. The molecule has 144 valence electrons. The van der Waals surface area contributed by atoms with Gasteiger partial charge in [-0.15, -0.1) is 0 Å². The van der Waals surface area contributed by atoms with E-state index in [0.29, 0.717) is 30.0 Å². The number of nitriles is 2.